The maximum absolute atomic E-state index is 12.6. The van der Waals surface area contributed by atoms with E-state index < -0.39 is 10.8 Å². The van der Waals surface area contributed by atoms with E-state index in [-0.39, 0.29) is 11.3 Å². The fraction of sp³-hybridized carbons (Fsp3) is 0.120. The van der Waals surface area contributed by atoms with Crippen LogP contribution in [0.5, 0.6) is 0 Å². The molecule has 0 saturated heterocycles. The number of amides is 1. The van der Waals surface area contributed by atoms with Gasteiger partial charge in [0.05, 0.1) is 9.82 Å². The highest BCUT2D eigenvalue weighted by Gasteiger charge is 2.17. The van der Waals surface area contributed by atoms with Gasteiger partial charge in [-0.1, -0.05) is 47.7 Å². The molecule has 0 unspecified atom stereocenters. The van der Waals surface area contributed by atoms with E-state index in [1.165, 1.54) is 23.9 Å². The molecule has 0 aliphatic carbocycles. The smallest absolute Gasteiger partial charge is 0.283 e. The summed E-state index contributed by atoms with van der Waals surface area (Å²) in [6, 6.07) is 19.9. The number of hydrogen-bond donors (Lipinski definition) is 1. The monoisotopic (exact) mass is 443 g/mol. The summed E-state index contributed by atoms with van der Waals surface area (Å²) < 4.78 is 0. The number of nitro groups is 1. The number of rotatable bonds is 6. The maximum Gasteiger partial charge on any atom is 0.283 e. The Balaban J connectivity index is 1.88. The van der Waals surface area contributed by atoms with E-state index in [1.807, 2.05) is 69.3 Å². The van der Waals surface area contributed by atoms with E-state index in [1.54, 1.807) is 12.1 Å². The number of aryl methyl sites for hydroxylation is 3. The van der Waals surface area contributed by atoms with E-state index in [4.69, 9.17) is 0 Å². The van der Waals surface area contributed by atoms with Crippen molar-refractivity contribution in [1.82, 2.24) is 0 Å². The van der Waals surface area contributed by atoms with Crippen molar-refractivity contribution < 1.29 is 9.72 Å². The Morgan fingerprint density at radius 1 is 1.03 bits per heavy atom. The van der Waals surface area contributed by atoms with Crippen LogP contribution in [0.25, 0.3) is 6.08 Å². The summed E-state index contributed by atoms with van der Waals surface area (Å²) in [6.07, 6.45) is 1.35. The predicted molar refractivity (Wildman–Crippen MR) is 127 cm³/mol. The highest BCUT2D eigenvalue weighted by atomic mass is 32.2. The molecule has 0 bridgehead atoms. The van der Waals surface area contributed by atoms with Crippen molar-refractivity contribution in [3.8, 4) is 6.07 Å². The van der Waals surface area contributed by atoms with Gasteiger partial charge in [-0.25, -0.2) is 0 Å². The number of anilines is 1. The first-order valence-corrected chi connectivity index (χ1v) is 10.6. The van der Waals surface area contributed by atoms with Gasteiger partial charge < -0.3 is 5.32 Å². The first-order valence-electron chi connectivity index (χ1n) is 9.80. The van der Waals surface area contributed by atoms with Crippen LogP contribution in [0.2, 0.25) is 0 Å². The topological polar surface area (TPSA) is 96.0 Å². The number of hydrogen-bond acceptors (Lipinski definition) is 5. The second-order valence-electron chi connectivity index (χ2n) is 7.34. The quantitative estimate of drug-likeness (QED) is 0.211. The SMILES string of the molecule is Cc1ccc(Sc2ccc(C=C(C#N)C(=O)Nc3cc(C)ccc3C)cc2[N+](=O)[O-])cc1. The lowest BCUT2D eigenvalue weighted by Crippen LogP contribution is -2.14. The number of benzene rings is 3. The normalized spacial score (nSPS) is 11.0. The van der Waals surface area contributed by atoms with E-state index in [0.29, 0.717) is 16.1 Å². The van der Waals surface area contributed by atoms with Gasteiger partial charge in [0, 0.05) is 16.6 Å². The average molecular weight is 444 g/mol. The van der Waals surface area contributed by atoms with E-state index in [9.17, 15) is 20.2 Å². The summed E-state index contributed by atoms with van der Waals surface area (Å²) in [5.74, 6) is -0.568. The van der Waals surface area contributed by atoms with Crippen LogP contribution in [0.4, 0.5) is 11.4 Å². The van der Waals surface area contributed by atoms with Crippen molar-refractivity contribution in [2.45, 2.75) is 30.6 Å². The number of nitriles is 1. The minimum Gasteiger partial charge on any atom is -0.321 e. The Morgan fingerprint density at radius 2 is 1.72 bits per heavy atom. The van der Waals surface area contributed by atoms with Crippen LogP contribution in [0.1, 0.15) is 22.3 Å². The van der Waals surface area contributed by atoms with Gasteiger partial charge in [0.25, 0.3) is 11.6 Å². The van der Waals surface area contributed by atoms with Crippen LogP contribution in [0.3, 0.4) is 0 Å². The average Bonchev–Trinajstić information content (AvgIpc) is 2.76. The lowest BCUT2D eigenvalue weighted by molar-refractivity contribution is -0.387. The molecule has 3 aromatic rings. The van der Waals surface area contributed by atoms with Crippen LogP contribution in [-0.2, 0) is 4.79 Å². The predicted octanol–water partition coefficient (Wildman–Crippen LogP) is 6.22. The fourth-order valence-corrected chi connectivity index (χ4v) is 3.86. The Morgan fingerprint density at radius 3 is 2.38 bits per heavy atom. The summed E-state index contributed by atoms with van der Waals surface area (Å²) in [7, 11) is 0. The molecular formula is C25H21N3O3S. The summed E-state index contributed by atoms with van der Waals surface area (Å²) in [5, 5.41) is 23.9. The number of nitrogens with one attached hydrogen (secondary N) is 1. The zero-order chi connectivity index (χ0) is 23.3. The largest absolute Gasteiger partial charge is 0.321 e. The van der Waals surface area contributed by atoms with E-state index >= 15 is 0 Å². The van der Waals surface area contributed by atoms with Crippen LogP contribution in [-0.4, -0.2) is 10.8 Å². The van der Waals surface area contributed by atoms with Crippen molar-refractivity contribution in [2.75, 3.05) is 5.32 Å². The van der Waals surface area contributed by atoms with Gasteiger partial charge in [-0.15, -0.1) is 0 Å². The summed E-state index contributed by atoms with van der Waals surface area (Å²) >= 11 is 1.29. The second kappa shape index (κ2) is 9.94. The zero-order valence-electron chi connectivity index (χ0n) is 17.9. The van der Waals surface area contributed by atoms with E-state index in [0.717, 1.165) is 21.6 Å². The Labute approximate surface area is 190 Å². The molecule has 0 radical (unpaired) electrons. The van der Waals surface area contributed by atoms with E-state index in [2.05, 4.69) is 5.32 Å². The third-order valence-corrected chi connectivity index (χ3v) is 5.82. The van der Waals surface area contributed by atoms with Gasteiger partial charge in [0.2, 0.25) is 0 Å². The second-order valence-corrected chi connectivity index (χ2v) is 8.46. The molecule has 0 saturated carbocycles. The van der Waals surface area contributed by atoms with Crippen LogP contribution in [0, 0.1) is 42.2 Å². The lowest BCUT2D eigenvalue weighted by Gasteiger charge is -2.09. The van der Waals surface area contributed by atoms with Crippen LogP contribution >= 0.6 is 11.8 Å². The Bertz CT molecular complexity index is 1260. The van der Waals surface area contributed by atoms with Crippen molar-refractivity contribution in [3.63, 3.8) is 0 Å². The standard InChI is InChI=1S/C25H21N3O3S/c1-16-5-9-21(10-6-16)32-24-11-8-19(14-23(24)28(30)31)13-20(15-26)25(29)27-22-12-17(2)4-7-18(22)3/h4-14H,1-3H3,(H,27,29). The van der Waals surface area contributed by atoms with Gasteiger partial charge in [0.15, 0.2) is 0 Å². The molecule has 0 spiro atoms. The molecule has 0 heterocycles. The number of carbonyl (C=O) groups is 1. The molecule has 0 fully saturated rings. The molecular weight excluding hydrogens is 422 g/mol. The molecule has 0 aliphatic heterocycles. The Kier molecular flexibility index (Phi) is 7.08. The Hall–Kier alpha value is -3.89. The first kappa shape index (κ1) is 22.8. The first-order chi connectivity index (χ1) is 15.3. The van der Waals surface area contributed by atoms with Gasteiger partial charge in [-0.05, 0) is 67.8 Å². The minimum atomic E-state index is -0.568. The summed E-state index contributed by atoms with van der Waals surface area (Å²) in [6.45, 7) is 5.74. The molecule has 0 atom stereocenters. The van der Waals surface area contributed by atoms with Crippen LogP contribution < -0.4 is 5.32 Å². The fourth-order valence-electron chi connectivity index (χ4n) is 2.96. The molecule has 160 valence electrons. The summed E-state index contributed by atoms with van der Waals surface area (Å²) in [5.41, 5.74) is 3.74. The molecule has 0 aliphatic rings. The highest BCUT2D eigenvalue weighted by molar-refractivity contribution is 7.99. The van der Waals surface area contributed by atoms with Gasteiger partial charge >= 0.3 is 0 Å². The summed E-state index contributed by atoms with van der Waals surface area (Å²) in [4.78, 5) is 25.2. The molecule has 1 N–H and O–H groups in total. The van der Waals surface area contributed by atoms with Crippen molar-refractivity contribution in [1.29, 1.82) is 5.26 Å². The molecule has 6 nitrogen and oxygen atoms in total. The zero-order valence-corrected chi connectivity index (χ0v) is 18.7. The lowest BCUT2D eigenvalue weighted by atomic mass is 10.1. The third kappa shape index (κ3) is 5.62. The van der Waals surface area contributed by atoms with Crippen molar-refractivity contribution in [3.05, 3.63) is 98.6 Å². The number of nitrogens with zero attached hydrogens (tertiary/aromatic N) is 2. The maximum atomic E-state index is 12.6. The molecule has 3 rings (SSSR count). The van der Waals surface area contributed by atoms with Crippen molar-refractivity contribution >= 4 is 35.1 Å². The molecule has 7 heteroatoms. The van der Waals surface area contributed by atoms with Crippen molar-refractivity contribution in [2.24, 2.45) is 0 Å². The molecule has 0 aromatic heterocycles. The number of nitro benzene ring substituents is 1. The molecule has 32 heavy (non-hydrogen) atoms. The molecule has 1 amide bonds. The molecule has 3 aromatic carbocycles. The van der Waals surface area contributed by atoms with Gasteiger partial charge in [-0.2, -0.15) is 5.26 Å². The number of carbonyl (C=O) groups excluding carboxylic acids is 1. The highest BCUT2D eigenvalue weighted by Crippen LogP contribution is 2.35. The third-order valence-electron chi connectivity index (χ3n) is 4.75. The van der Waals surface area contributed by atoms with Gasteiger partial charge in [-0.3, -0.25) is 14.9 Å². The minimum absolute atomic E-state index is 0.0865. The van der Waals surface area contributed by atoms with Gasteiger partial charge in [0.1, 0.15) is 11.6 Å². The van der Waals surface area contributed by atoms with Crippen LogP contribution in [0.15, 0.2) is 76.0 Å².